The molecule has 4 aromatic heterocycles. The number of imidazole rings is 2. The predicted molar refractivity (Wildman–Crippen MR) is 156 cm³/mol. The number of phosphoric acid groups is 2. The molecule has 0 spiro atoms. The number of aliphatic hydroxyl groups is 1. The van der Waals surface area contributed by atoms with E-state index in [1.54, 1.807) is 0 Å². The monoisotopic (exact) mass is 700 g/mol. The van der Waals surface area contributed by atoms with Crippen molar-refractivity contribution in [2.75, 3.05) is 24.7 Å². The van der Waals surface area contributed by atoms with Crippen LogP contribution < -0.4 is 17.0 Å². The van der Waals surface area contributed by atoms with Crippen LogP contribution in [0.3, 0.4) is 0 Å². The Morgan fingerprint density at radius 2 is 1.55 bits per heavy atom. The van der Waals surface area contributed by atoms with E-state index >= 15 is 0 Å². The van der Waals surface area contributed by atoms with E-state index in [1.807, 2.05) is 6.92 Å². The molecule has 4 unspecified atom stereocenters. The normalized spacial score (nSPS) is 36.6. The predicted octanol–water partition coefficient (Wildman–Crippen LogP) is -0.286. The highest BCUT2D eigenvalue weighted by atomic mass is 31.2. The van der Waals surface area contributed by atoms with Crippen molar-refractivity contribution in [1.82, 2.24) is 39.0 Å². The van der Waals surface area contributed by atoms with Gasteiger partial charge in [0.25, 0.3) is 5.56 Å². The summed E-state index contributed by atoms with van der Waals surface area (Å²) >= 11 is 0. The van der Waals surface area contributed by atoms with E-state index in [4.69, 9.17) is 39.0 Å². The summed E-state index contributed by atoms with van der Waals surface area (Å²) in [4.78, 5) is 56.9. The maximum atomic E-state index is 13.5. The summed E-state index contributed by atoms with van der Waals surface area (Å²) in [7, 11) is -9.95. The molecule has 0 amide bonds. The first kappa shape index (κ1) is 32.2. The largest absolute Gasteiger partial charge is 0.472 e. The first-order valence-electron chi connectivity index (χ1n) is 14.3. The van der Waals surface area contributed by atoms with Crippen molar-refractivity contribution in [3.8, 4) is 0 Å². The molecule has 3 saturated heterocycles. The zero-order valence-electron chi connectivity index (χ0n) is 24.4. The summed E-state index contributed by atoms with van der Waals surface area (Å²) in [5.74, 6) is -0.866. The van der Waals surface area contributed by atoms with Gasteiger partial charge in [-0.3, -0.25) is 37.0 Å². The minimum atomic E-state index is -4.98. The van der Waals surface area contributed by atoms with Crippen molar-refractivity contribution >= 4 is 49.7 Å². The highest BCUT2D eigenvalue weighted by Gasteiger charge is 2.54. The standard InChI is InChI=1S/C23H30N10O12P2/c1-2-3-9-10-4-40-47(38,39)45-16-11(43-21(14(16)34)32-7-28-12-17(24)26-6-27-18(12)32)5-41-46(36,37)44-15(9)22(42-10)33-8-29-13-19(33)30-23(25)31-20(13)35/h6-11,14-16,21-22,34H,2-5H2,1H3,(H,36,37)(H,38,39)(H2,24,26,27)(H3,25,30,31,35)/t9?,10-,11-,14+,15+,16?,21-,22-/m1/s1. The molecule has 2 bridgehead atoms. The number of anilines is 2. The van der Waals surface area contributed by atoms with Crippen LogP contribution in [0.5, 0.6) is 0 Å². The summed E-state index contributed by atoms with van der Waals surface area (Å²) in [5, 5.41) is 11.2. The number of aliphatic hydroxyl groups excluding tert-OH is 1. The number of aromatic amines is 1. The lowest BCUT2D eigenvalue weighted by atomic mass is 9.93. The van der Waals surface area contributed by atoms with Gasteiger partial charge in [-0.05, 0) is 6.42 Å². The zero-order valence-corrected chi connectivity index (χ0v) is 26.2. The summed E-state index contributed by atoms with van der Waals surface area (Å²) in [5.41, 5.74) is 11.3. The molecule has 8 N–H and O–H groups in total. The van der Waals surface area contributed by atoms with Gasteiger partial charge >= 0.3 is 15.6 Å². The van der Waals surface area contributed by atoms with E-state index in [1.165, 1.54) is 28.1 Å². The fraction of sp³-hybridized carbons (Fsp3) is 0.565. The molecule has 0 aliphatic carbocycles. The number of H-pyrrole nitrogens is 1. The fourth-order valence-corrected chi connectivity index (χ4v) is 8.01. The van der Waals surface area contributed by atoms with Gasteiger partial charge in [0.2, 0.25) is 5.95 Å². The third-order valence-electron chi connectivity index (χ3n) is 8.13. The van der Waals surface area contributed by atoms with Gasteiger partial charge in [-0.1, -0.05) is 13.3 Å². The Labute approximate surface area is 263 Å². The molecule has 7 rings (SSSR count). The van der Waals surface area contributed by atoms with Crippen molar-refractivity contribution in [3.63, 3.8) is 0 Å². The molecule has 3 aliphatic heterocycles. The molecule has 254 valence electrons. The fourth-order valence-electron chi connectivity index (χ4n) is 6.08. The Kier molecular flexibility index (Phi) is 8.17. The van der Waals surface area contributed by atoms with Crippen molar-refractivity contribution in [2.45, 2.75) is 62.7 Å². The summed E-state index contributed by atoms with van der Waals surface area (Å²) < 4.78 is 63.3. The second-order valence-corrected chi connectivity index (χ2v) is 13.9. The molecule has 47 heavy (non-hydrogen) atoms. The van der Waals surface area contributed by atoms with Crippen LogP contribution >= 0.6 is 15.6 Å². The number of rotatable bonds is 4. The molecular formula is C23H30N10O12P2. The Morgan fingerprint density at radius 3 is 2.28 bits per heavy atom. The van der Waals surface area contributed by atoms with E-state index in [-0.39, 0.29) is 34.1 Å². The maximum Gasteiger partial charge on any atom is 0.472 e. The Balaban J connectivity index is 1.23. The van der Waals surface area contributed by atoms with Gasteiger partial charge in [-0.2, -0.15) is 4.98 Å². The van der Waals surface area contributed by atoms with E-state index < -0.39 is 83.3 Å². The third kappa shape index (κ3) is 5.85. The molecule has 22 nitrogen and oxygen atoms in total. The van der Waals surface area contributed by atoms with Crippen LogP contribution in [0.1, 0.15) is 32.2 Å². The summed E-state index contributed by atoms with van der Waals surface area (Å²) in [6.07, 6.45) is -4.97. The number of nitrogens with two attached hydrogens (primary N) is 2. The average molecular weight is 700 g/mol. The van der Waals surface area contributed by atoms with Crippen LogP contribution in [0, 0.1) is 5.92 Å². The molecule has 24 heteroatoms. The first-order valence-corrected chi connectivity index (χ1v) is 17.3. The molecule has 3 aliphatic rings. The van der Waals surface area contributed by atoms with Crippen molar-refractivity contribution < 1.29 is 51.6 Å². The average Bonchev–Trinajstić information content (AvgIpc) is 3.76. The Bertz CT molecular complexity index is 1970. The maximum absolute atomic E-state index is 13.5. The van der Waals surface area contributed by atoms with Gasteiger partial charge in [0, 0.05) is 5.92 Å². The minimum Gasteiger partial charge on any atom is -0.386 e. The highest BCUT2D eigenvalue weighted by Crippen LogP contribution is 2.55. The van der Waals surface area contributed by atoms with E-state index in [0.717, 1.165) is 0 Å². The van der Waals surface area contributed by atoms with Gasteiger partial charge in [0.1, 0.15) is 36.3 Å². The molecule has 3 fully saturated rings. The third-order valence-corrected chi connectivity index (χ3v) is 10.1. The molecule has 10 atom stereocenters. The second-order valence-electron chi connectivity index (χ2n) is 11.1. The number of phosphoric ester groups is 2. The second kappa shape index (κ2) is 11.9. The van der Waals surface area contributed by atoms with Crippen LogP contribution in [0.25, 0.3) is 22.3 Å². The van der Waals surface area contributed by atoms with E-state index in [0.29, 0.717) is 12.8 Å². The molecule has 7 heterocycles. The van der Waals surface area contributed by atoms with Crippen molar-refractivity contribution in [2.24, 2.45) is 5.92 Å². The topological polar surface area (TPSA) is 309 Å². The van der Waals surface area contributed by atoms with Gasteiger partial charge in [-0.15, -0.1) is 0 Å². The van der Waals surface area contributed by atoms with Crippen LogP contribution in [0.4, 0.5) is 11.8 Å². The lowest BCUT2D eigenvalue weighted by Crippen LogP contribution is -2.36. The van der Waals surface area contributed by atoms with Crippen LogP contribution in [0.2, 0.25) is 0 Å². The van der Waals surface area contributed by atoms with Crippen LogP contribution in [-0.2, 0) is 36.7 Å². The molecule has 4 aromatic rings. The Hall–Kier alpha value is -3.40. The van der Waals surface area contributed by atoms with Crippen molar-refractivity contribution in [1.29, 1.82) is 0 Å². The van der Waals surface area contributed by atoms with Crippen LogP contribution in [-0.4, -0.2) is 97.7 Å². The molecule has 0 radical (unpaired) electrons. The number of hydrogen-bond acceptors (Lipinski definition) is 17. The Morgan fingerprint density at radius 1 is 0.915 bits per heavy atom. The van der Waals surface area contributed by atoms with Gasteiger partial charge in [0.15, 0.2) is 35.1 Å². The lowest BCUT2D eigenvalue weighted by Gasteiger charge is -2.26. The first-order chi connectivity index (χ1) is 22.4. The number of ether oxygens (including phenoxy) is 2. The van der Waals surface area contributed by atoms with Crippen LogP contribution in [0.15, 0.2) is 23.8 Å². The van der Waals surface area contributed by atoms with Crippen molar-refractivity contribution in [3.05, 3.63) is 29.3 Å². The number of fused-ring (bicyclic) bond motifs is 5. The van der Waals surface area contributed by atoms with E-state index in [9.17, 15) is 28.8 Å². The number of nitrogens with one attached hydrogen (secondary N) is 1. The van der Waals surface area contributed by atoms with E-state index in [2.05, 4.69) is 29.9 Å². The van der Waals surface area contributed by atoms with Gasteiger partial charge < -0.3 is 35.8 Å². The number of hydrogen-bond donors (Lipinski definition) is 6. The number of nitrogens with zero attached hydrogens (tertiary/aromatic N) is 7. The number of aromatic nitrogens is 8. The molecule has 0 saturated carbocycles. The minimum absolute atomic E-state index is 0.00563. The summed E-state index contributed by atoms with van der Waals surface area (Å²) in [6.45, 7) is 0.547. The quantitative estimate of drug-likeness (QED) is 0.149. The number of nitrogen functional groups attached to an aromatic ring is 2. The van der Waals surface area contributed by atoms with Gasteiger partial charge in [-0.25, -0.2) is 29.1 Å². The lowest BCUT2D eigenvalue weighted by molar-refractivity contribution is -0.0671. The molecular weight excluding hydrogens is 670 g/mol. The summed E-state index contributed by atoms with van der Waals surface area (Å²) in [6, 6.07) is 0. The SMILES string of the molecule is CCCC1[C@H]2COP(=O)(O)OC3[C@@H](COP(=O)(O)O[C@@H]1[C@H](n1cnc4c(=O)[nH]c(N)nc41)O2)O[C@@H](n1cnc2c(N)ncnc21)[C@H]3O. The molecule has 0 aromatic carbocycles. The van der Waals surface area contributed by atoms with Gasteiger partial charge in [0.05, 0.1) is 32.0 Å². The smallest absolute Gasteiger partial charge is 0.386 e. The highest BCUT2D eigenvalue weighted by molar-refractivity contribution is 7.47. The zero-order chi connectivity index (χ0) is 33.2.